The highest BCUT2D eigenvalue weighted by Crippen LogP contribution is 2.19. The molecule has 0 bridgehead atoms. The zero-order valence-corrected chi connectivity index (χ0v) is 9.49. The maximum absolute atomic E-state index is 8.92. The van der Waals surface area contributed by atoms with Crippen LogP contribution in [0, 0.1) is 5.92 Å². The van der Waals surface area contributed by atoms with Crippen molar-refractivity contribution in [2.24, 2.45) is 5.92 Å². The van der Waals surface area contributed by atoms with Crippen LogP contribution in [-0.4, -0.2) is 21.5 Å². The van der Waals surface area contributed by atoms with Crippen molar-refractivity contribution in [3.8, 4) is 0 Å². The minimum absolute atomic E-state index is 0.105. The Hall–Kier alpha value is -0.830. The van der Waals surface area contributed by atoms with Crippen LogP contribution in [0.3, 0.4) is 0 Å². The summed E-state index contributed by atoms with van der Waals surface area (Å²) in [5.74, 6) is 0.266. The Kier molecular flexibility index (Phi) is 3.32. The Balaban J connectivity index is 2.69. The van der Waals surface area contributed by atoms with Crippen LogP contribution in [0.25, 0.3) is 0 Å². The Morgan fingerprint density at radius 1 is 1.50 bits per heavy atom. The van der Waals surface area contributed by atoms with E-state index in [0.29, 0.717) is 0 Å². The highest BCUT2D eigenvalue weighted by molar-refractivity contribution is 5.10. The molecule has 0 aliphatic carbocycles. The van der Waals surface area contributed by atoms with E-state index in [2.05, 4.69) is 25.9 Å². The smallest absolute Gasteiger partial charge is 0.0677 e. The average molecular weight is 196 g/mol. The highest BCUT2D eigenvalue weighted by Gasteiger charge is 2.16. The fourth-order valence-electron chi connectivity index (χ4n) is 1.24. The van der Waals surface area contributed by atoms with Crippen LogP contribution in [0.1, 0.15) is 33.4 Å². The van der Waals surface area contributed by atoms with Gasteiger partial charge in [-0.05, 0) is 12.0 Å². The third-order valence-electron chi connectivity index (χ3n) is 2.22. The molecule has 1 aromatic rings. The molecule has 1 aromatic heterocycles. The summed E-state index contributed by atoms with van der Waals surface area (Å²) < 4.78 is 1.90. The molecule has 3 heteroatoms. The van der Waals surface area contributed by atoms with Crippen molar-refractivity contribution < 1.29 is 5.11 Å². The van der Waals surface area contributed by atoms with E-state index in [9.17, 15) is 0 Å². The van der Waals surface area contributed by atoms with Gasteiger partial charge in [-0.2, -0.15) is 5.10 Å². The van der Waals surface area contributed by atoms with Crippen molar-refractivity contribution in [2.75, 3.05) is 6.61 Å². The molecule has 0 amide bonds. The van der Waals surface area contributed by atoms with E-state index in [1.165, 1.54) is 0 Å². The molecule has 1 heterocycles. The van der Waals surface area contributed by atoms with Crippen molar-refractivity contribution >= 4 is 0 Å². The molecule has 0 saturated carbocycles. The monoisotopic (exact) mass is 196 g/mol. The molecule has 1 atom stereocenters. The van der Waals surface area contributed by atoms with Gasteiger partial charge < -0.3 is 5.11 Å². The van der Waals surface area contributed by atoms with Gasteiger partial charge in [0.25, 0.3) is 0 Å². The van der Waals surface area contributed by atoms with E-state index in [0.717, 1.165) is 12.2 Å². The molecule has 0 aliphatic rings. The molecule has 0 fully saturated rings. The summed E-state index contributed by atoms with van der Waals surface area (Å²) in [5, 5.41) is 13.4. The number of aromatic nitrogens is 2. The molecule has 1 N–H and O–H groups in total. The van der Waals surface area contributed by atoms with Gasteiger partial charge in [0, 0.05) is 24.8 Å². The SMILES string of the molecule is C[C@@H](CO)Cn1ccc(C(C)(C)C)n1. The van der Waals surface area contributed by atoms with Crippen molar-refractivity contribution in [2.45, 2.75) is 39.7 Å². The second-order valence-corrected chi connectivity index (χ2v) is 4.96. The number of hydrogen-bond donors (Lipinski definition) is 1. The van der Waals surface area contributed by atoms with Gasteiger partial charge in [0.15, 0.2) is 0 Å². The van der Waals surface area contributed by atoms with Gasteiger partial charge in [-0.15, -0.1) is 0 Å². The minimum atomic E-state index is 0.105. The molecule has 0 unspecified atom stereocenters. The predicted molar refractivity (Wildman–Crippen MR) is 57.2 cm³/mol. The maximum atomic E-state index is 8.92. The Labute approximate surface area is 85.8 Å². The Morgan fingerprint density at radius 3 is 2.57 bits per heavy atom. The van der Waals surface area contributed by atoms with E-state index >= 15 is 0 Å². The molecule has 80 valence electrons. The number of hydrogen-bond acceptors (Lipinski definition) is 2. The highest BCUT2D eigenvalue weighted by atomic mass is 16.3. The summed E-state index contributed by atoms with van der Waals surface area (Å²) >= 11 is 0. The van der Waals surface area contributed by atoms with Crippen LogP contribution in [0.2, 0.25) is 0 Å². The van der Waals surface area contributed by atoms with Crippen LogP contribution in [0.5, 0.6) is 0 Å². The van der Waals surface area contributed by atoms with Crippen LogP contribution < -0.4 is 0 Å². The van der Waals surface area contributed by atoms with Gasteiger partial charge in [0.2, 0.25) is 0 Å². The van der Waals surface area contributed by atoms with Crippen LogP contribution in [0.15, 0.2) is 12.3 Å². The lowest BCUT2D eigenvalue weighted by molar-refractivity contribution is 0.218. The summed E-state index contributed by atoms with van der Waals surface area (Å²) in [5.41, 5.74) is 1.20. The van der Waals surface area contributed by atoms with Gasteiger partial charge in [-0.3, -0.25) is 4.68 Å². The lowest BCUT2D eigenvalue weighted by atomic mass is 9.93. The Bertz CT molecular complexity index is 286. The van der Waals surface area contributed by atoms with Crippen LogP contribution >= 0.6 is 0 Å². The third kappa shape index (κ3) is 2.84. The molecule has 1 rings (SSSR count). The van der Waals surface area contributed by atoms with Gasteiger partial charge in [-0.1, -0.05) is 27.7 Å². The Morgan fingerprint density at radius 2 is 2.14 bits per heavy atom. The summed E-state index contributed by atoms with van der Waals surface area (Å²) in [4.78, 5) is 0. The molecule has 0 spiro atoms. The van der Waals surface area contributed by atoms with E-state index in [1.54, 1.807) is 0 Å². The standard InChI is InChI=1S/C11H20N2O/c1-9(8-14)7-13-6-5-10(12-13)11(2,3)4/h5-6,9,14H,7-8H2,1-4H3/t9-/m1/s1. The lowest BCUT2D eigenvalue weighted by Crippen LogP contribution is -2.15. The fourth-order valence-corrected chi connectivity index (χ4v) is 1.24. The predicted octanol–water partition coefficient (Wildman–Crippen LogP) is 1.81. The third-order valence-corrected chi connectivity index (χ3v) is 2.22. The minimum Gasteiger partial charge on any atom is -0.396 e. The number of aliphatic hydroxyl groups excluding tert-OH is 1. The molecule has 0 radical (unpaired) electrons. The van der Waals surface area contributed by atoms with Crippen molar-refractivity contribution in [3.63, 3.8) is 0 Å². The van der Waals surface area contributed by atoms with E-state index in [1.807, 2.05) is 23.9 Å². The first-order chi connectivity index (χ1) is 6.43. The van der Waals surface area contributed by atoms with E-state index in [4.69, 9.17) is 5.11 Å². The molecule has 3 nitrogen and oxygen atoms in total. The first-order valence-corrected chi connectivity index (χ1v) is 5.08. The quantitative estimate of drug-likeness (QED) is 0.800. The molecular formula is C11H20N2O. The zero-order chi connectivity index (χ0) is 10.8. The fraction of sp³-hybridized carbons (Fsp3) is 0.727. The van der Waals surface area contributed by atoms with Crippen molar-refractivity contribution in [1.82, 2.24) is 9.78 Å². The van der Waals surface area contributed by atoms with Crippen molar-refractivity contribution in [1.29, 1.82) is 0 Å². The topological polar surface area (TPSA) is 38.0 Å². The first-order valence-electron chi connectivity index (χ1n) is 5.08. The lowest BCUT2D eigenvalue weighted by Gasteiger charge is -2.14. The van der Waals surface area contributed by atoms with Gasteiger partial charge in [0.1, 0.15) is 0 Å². The molecular weight excluding hydrogens is 176 g/mol. The summed E-state index contributed by atoms with van der Waals surface area (Å²) in [6.07, 6.45) is 1.98. The molecule has 0 saturated heterocycles. The second-order valence-electron chi connectivity index (χ2n) is 4.96. The van der Waals surface area contributed by atoms with Gasteiger partial charge in [0.05, 0.1) is 5.69 Å². The summed E-state index contributed by atoms with van der Waals surface area (Å²) in [6.45, 7) is 9.45. The number of rotatable bonds is 3. The van der Waals surface area contributed by atoms with E-state index < -0.39 is 0 Å². The summed E-state index contributed by atoms with van der Waals surface area (Å²) in [6, 6.07) is 2.05. The average Bonchev–Trinajstić information content (AvgIpc) is 2.51. The normalized spacial score (nSPS) is 14.4. The van der Waals surface area contributed by atoms with Crippen LogP contribution in [-0.2, 0) is 12.0 Å². The van der Waals surface area contributed by atoms with E-state index in [-0.39, 0.29) is 17.9 Å². The molecule has 0 aliphatic heterocycles. The zero-order valence-electron chi connectivity index (χ0n) is 9.49. The molecule has 0 aromatic carbocycles. The van der Waals surface area contributed by atoms with Gasteiger partial charge >= 0.3 is 0 Å². The van der Waals surface area contributed by atoms with Gasteiger partial charge in [-0.25, -0.2) is 0 Å². The van der Waals surface area contributed by atoms with Crippen molar-refractivity contribution in [3.05, 3.63) is 18.0 Å². The number of nitrogens with zero attached hydrogens (tertiary/aromatic N) is 2. The second kappa shape index (κ2) is 4.13. The maximum Gasteiger partial charge on any atom is 0.0677 e. The number of aliphatic hydroxyl groups is 1. The molecule has 14 heavy (non-hydrogen) atoms. The largest absolute Gasteiger partial charge is 0.396 e. The van der Waals surface area contributed by atoms with Crippen LogP contribution in [0.4, 0.5) is 0 Å². The summed E-state index contributed by atoms with van der Waals surface area (Å²) in [7, 11) is 0. The first kappa shape index (κ1) is 11.2.